The number of aromatic nitrogens is 2. The number of carbonyl (C=O) groups is 1. The molecule has 2 aromatic rings. The van der Waals surface area contributed by atoms with Crippen LogP contribution in [0.2, 0.25) is 0 Å². The van der Waals surface area contributed by atoms with Gasteiger partial charge in [0, 0.05) is 32.7 Å². The largest absolute Gasteiger partial charge is 0.377 e. The number of rotatable bonds is 4. The first-order valence-corrected chi connectivity index (χ1v) is 9.91. The minimum absolute atomic E-state index is 0.0124. The summed E-state index contributed by atoms with van der Waals surface area (Å²) in [5.41, 5.74) is 0.518. The summed E-state index contributed by atoms with van der Waals surface area (Å²) in [6.45, 7) is 3.05. The Kier molecular flexibility index (Phi) is 4.58. The van der Waals surface area contributed by atoms with E-state index in [4.69, 9.17) is 4.74 Å². The Morgan fingerprint density at radius 1 is 1.54 bits per heavy atom. The van der Waals surface area contributed by atoms with Gasteiger partial charge in [-0.25, -0.2) is 4.98 Å². The van der Waals surface area contributed by atoms with Crippen molar-refractivity contribution in [2.75, 3.05) is 13.7 Å². The third-order valence-corrected chi connectivity index (χ3v) is 6.73. The summed E-state index contributed by atoms with van der Waals surface area (Å²) >= 11 is 1.41. The zero-order valence-electron chi connectivity index (χ0n) is 15.1. The van der Waals surface area contributed by atoms with Gasteiger partial charge in [-0.3, -0.25) is 14.5 Å². The molecular weight excluding hydrogens is 352 g/mol. The van der Waals surface area contributed by atoms with Crippen LogP contribution in [0.25, 0.3) is 10.2 Å². The Labute approximate surface area is 155 Å². The van der Waals surface area contributed by atoms with E-state index in [9.17, 15) is 9.59 Å². The van der Waals surface area contributed by atoms with Crippen molar-refractivity contribution >= 4 is 27.5 Å². The molecule has 0 aromatic carbocycles. The predicted molar refractivity (Wildman–Crippen MR) is 100 cm³/mol. The third kappa shape index (κ3) is 3.06. The molecule has 1 saturated carbocycles. The average Bonchev–Trinajstić information content (AvgIpc) is 3.20. The lowest BCUT2D eigenvalue weighted by Crippen LogP contribution is -2.54. The second-order valence-electron chi connectivity index (χ2n) is 7.32. The summed E-state index contributed by atoms with van der Waals surface area (Å²) in [5, 5.41) is 4.95. The molecule has 8 heteroatoms. The molecule has 2 aromatic heterocycles. The molecule has 140 valence electrons. The van der Waals surface area contributed by atoms with E-state index in [2.05, 4.69) is 20.2 Å². The minimum Gasteiger partial charge on any atom is -0.377 e. The Balaban J connectivity index is 1.57. The maximum Gasteiger partial charge on any atom is 0.268 e. The van der Waals surface area contributed by atoms with Gasteiger partial charge in [-0.05, 0) is 37.1 Å². The fraction of sp³-hybridized carbons (Fsp3) is 0.611. The van der Waals surface area contributed by atoms with E-state index >= 15 is 0 Å². The van der Waals surface area contributed by atoms with Gasteiger partial charge >= 0.3 is 0 Å². The third-order valence-electron chi connectivity index (χ3n) is 5.82. The summed E-state index contributed by atoms with van der Waals surface area (Å²) in [6.07, 6.45) is 3.70. The van der Waals surface area contributed by atoms with E-state index < -0.39 is 0 Å². The Morgan fingerprint density at radius 3 is 3.15 bits per heavy atom. The SMILES string of the molecule is CO[C@@]12CC[C@@H](NC(C)=O)C[C@@H]1N(Cc1nc3ccsc3c(=O)[nH]1)CC2. The van der Waals surface area contributed by atoms with Crippen LogP contribution in [0.15, 0.2) is 16.2 Å². The molecule has 2 N–H and O–H groups in total. The molecule has 0 bridgehead atoms. The van der Waals surface area contributed by atoms with Gasteiger partial charge in [0.25, 0.3) is 5.56 Å². The van der Waals surface area contributed by atoms with Gasteiger partial charge in [-0.15, -0.1) is 11.3 Å². The number of ether oxygens (including phenoxy) is 1. The molecule has 3 atom stereocenters. The lowest BCUT2D eigenvalue weighted by molar-refractivity contribution is -0.121. The zero-order chi connectivity index (χ0) is 18.3. The first-order valence-electron chi connectivity index (χ1n) is 9.03. The number of H-pyrrole nitrogens is 1. The summed E-state index contributed by atoms with van der Waals surface area (Å²) < 4.78 is 6.63. The number of aromatic amines is 1. The van der Waals surface area contributed by atoms with Crippen molar-refractivity contribution in [3.05, 3.63) is 27.6 Å². The van der Waals surface area contributed by atoms with Crippen molar-refractivity contribution in [3.63, 3.8) is 0 Å². The number of amides is 1. The average molecular weight is 376 g/mol. The topological polar surface area (TPSA) is 87.3 Å². The van der Waals surface area contributed by atoms with E-state index in [1.165, 1.54) is 11.3 Å². The van der Waals surface area contributed by atoms with Crippen LogP contribution in [0.5, 0.6) is 0 Å². The lowest BCUT2D eigenvalue weighted by atomic mass is 9.78. The van der Waals surface area contributed by atoms with Crippen LogP contribution in [-0.2, 0) is 16.1 Å². The summed E-state index contributed by atoms with van der Waals surface area (Å²) in [4.78, 5) is 33.6. The van der Waals surface area contributed by atoms with Crippen molar-refractivity contribution in [1.82, 2.24) is 20.2 Å². The molecular formula is C18H24N4O3S. The Morgan fingerprint density at radius 2 is 2.38 bits per heavy atom. The van der Waals surface area contributed by atoms with E-state index in [0.717, 1.165) is 37.7 Å². The predicted octanol–water partition coefficient (Wildman–Crippen LogP) is 1.63. The highest BCUT2D eigenvalue weighted by molar-refractivity contribution is 7.17. The van der Waals surface area contributed by atoms with Gasteiger partial charge < -0.3 is 15.0 Å². The van der Waals surface area contributed by atoms with Gasteiger partial charge in [-0.1, -0.05) is 0 Å². The number of hydrogen-bond acceptors (Lipinski definition) is 6. The van der Waals surface area contributed by atoms with Crippen LogP contribution in [0.3, 0.4) is 0 Å². The smallest absolute Gasteiger partial charge is 0.268 e. The van der Waals surface area contributed by atoms with Gasteiger partial charge in [0.15, 0.2) is 0 Å². The van der Waals surface area contributed by atoms with Crippen molar-refractivity contribution < 1.29 is 9.53 Å². The maximum absolute atomic E-state index is 12.2. The van der Waals surface area contributed by atoms with E-state index in [0.29, 0.717) is 17.1 Å². The lowest BCUT2D eigenvalue weighted by Gasteiger charge is -2.43. The first-order chi connectivity index (χ1) is 12.5. The van der Waals surface area contributed by atoms with Crippen LogP contribution < -0.4 is 10.9 Å². The van der Waals surface area contributed by atoms with Crippen molar-refractivity contribution in [2.24, 2.45) is 0 Å². The minimum atomic E-state index is -0.165. The fourth-order valence-electron chi connectivity index (χ4n) is 4.59. The summed E-state index contributed by atoms with van der Waals surface area (Å²) in [7, 11) is 1.78. The van der Waals surface area contributed by atoms with Crippen molar-refractivity contribution in [2.45, 2.75) is 56.8 Å². The van der Waals surface area contributed by atoms with Crippen molar-refractivity contribution in [1.29, 1.82) is 0 Å². The van der Waals surface area contributed by atoms with Gasteiger partial charge in [0.2, 0.25) is 5.91 Å². The van der Waals surface area contributed by atoms with E-state index in [-0.39, 0.29) is 29.2 Å². The molecule has 0 unspecified atom stereocenters. The normalized spacial score (nSPS) is 29.0. The molecule has 1 aliphatic carbocycles. The summed E-state index contributed by atoms with van der Waals surface area (Å²) in [6, 6.07) is 2.27. The van der Waals surface area contributed by atoms with Crippen LogP contribution >= 0.6 is 11.3 Å². The quantitative estimate of drug-likeness (QED) is 0.847. The monoisotopic (exact) mass is 376 g/mol. The van der Waals surface area contributed by atoms with E-state index in [1.807, 2.05) is 11.4 Å². The Hall–Kier alpha value is -1.77. The first kappa shape index (κ1) is 17.6. The molecule has 7 nitrogen and oxygen atoms in total. The highest BCUT2D eigenvalue weighted by Crippen LogP contribution is 2.42. The molecule has 1 aliphatic heterocycles. The highest BCUT2D eigenvalue weighted by Gasteiger charge is 2.51. The number of likely N-dealkylation sites (tertiary alicyclic amines) is 1. The molecule has 0 radical (unpaired) electrons. The molecule has 4 rings (SSSR count). The molecule has 26 heavy (non-hydrogen) atoms. The number of fused-ring (bicyclic) bond motifs is 2. The second kappa shape index (κ2) is 6.75. The Bertz CT molecular complexity index is 879. The number of thiophene rings is 1. The molecule has 1 amide bonds. The van der Waals surface area contributed by atoms with E-state index in [1.54, 1.807) is 14.0 Å². The maximum atomic E-state index is 12.2. The second-order valence-corrected chi connectivity index (χ2v) is 8.24. The van der Waals surface area contributed by atoms with Crippen LogP contribution in [0, 0.1) is 0 Å². The molecule has 2 aliphatic rings. The van der Waals surface area contributed by atoms with Gasteiger partial charge in [0.05, 0.1) is 17.7 Å². The number of hydrogen-bond donors (Lipinski definition) is 2. The molecule has 1 saturated heterocycles. The number of methoxy groups -OCH3 is 1. The number of nitrogens with zero attached hydrogens (tertiary/aromatic N) is 2. The van der Waals surface area contributed by atoms with Gasteiger partial charge in [-0.2, -0.15) is 0 Å². The van der Waals surface area contributed by atoms with Crippen LogP contribution in [-0.4, -0.2) is 52.1 Å². The van der Waals surface area contributed by atoms with Crippen LogP contribution in [0.1, 0.15) is 38.4 Å². The highest BCUT2D eigenvalue weighted by atomic mass is 32.1. The summed E-state index contributed by atoms with van der Waals surface area (Å²) in [5.74, 6) is 0.702. The standard InChI is InChI=1S/C18H24N4O3S/c1-11(23)19-12-3-5-18(25-2)6-7-22(14(18)9-12)10-15-20-13-4-8-26-16(13)17(24)21-15/h4,8,12,14H,3,5-7,9-10H2,1-2H3,(H,19,23)(H,20,21,24)/t12-,14+,18-/m1/s1. The van der Waals surface area contributed by atoms with Crippen LogP contribution in [0.4, 0.5) is 0 Å². The molecule has 0 spiro atoms. The van der Waals surface area contributed by atoms with Gasteiger partial charge in [0.1, 0.15) is 10.5 Å². The molecule has 2 fully saturated rings. The molecule has 3 heterocycles. The van der Waals surface area contributed by atoms with Crippen molar-refractivity contribution in [3.8, 4) is 0 Å². The number of nitrogens with one attached hydrogen (secondary N) is 2. The fourth-order valence-corrected chi connectivity index (χ4v) is 5.31. The zero-order valence-corrected chi connectivity index (χ0v) is 15.9. The number of carbonyl (C=O) groups excluding carboxylic acids is 1.